The monoisotopic (exact) mass is 240 g/mol. The first-order chi connectivity index (χ1) is 3.83. The first kappa shape index (κ1) is 11.8. The quantitative estimate of drug-likeness (QED) is 0.609. The zero-order chi connectivity index (χ0) is 6.83. The van der Waals surface area contributed by atoms with Gasteiger partial charge in [0.25, 0.3) is 0 Å². The van der Waals surface area contributed by atoms with Crippen molar-refractivity contribution in [2.45, 2.75) is 37.2 Å². The predicted molar refractivity (Wildman–Crippen MR) is 50.1 cm³/mol. The minimum atomic E-state index is 1.11. The first-order valence-electron chi connectivity index (χ1n) is 3.83. The summed E-state index contributed by atoms with van der Waals surface area (Å²) in [6.07, 6.45) is 2.81. The van der Waals surface area contributed by atoms with Crippen LogP contribution >= 0.6 is 0 Å². The van der Waals surface area contributed by atoms with E-state index in [2.05, 4.69) is 13.8 Å². The summed E-state index contributed by atoms with van der Waals surface area (Å²) >= 11 is 2.23. The summed E-state index contributed by atoms with van der Waals surface area (Å²) in [5, 5.41) is 3.01. The van der Waals surface area contributed by atoms with Crippen molar-refractivity contribution in [1.29, 1.82) is 0 Å². The fourth-order valence-electron chi connectivity index (χ4n) is 0. The van der Waals surface area contributed by atoms with Gasteiger partial charge < -0.3 is 0 Å². The topological polar surface area (TPSA) is 0 Å². The fourth-order valence-corrected chi connectivity index (χ4v) is 0. The molecular formula is C6H20Ge2. The second-order valence-corrected chi connectivity index (χ2v) is 6.20. The molecule has 0 fully saturated rings. The van der Waals surface area contributed by atoms with E-state index in [-0.39, 0.29) is 0 Å². The van der Waals surface area contributed by atoms with Crippen molar-refractivity contribution in [3.05, 3.63) is 0 Å². The summed E-state index contributed by atoms with van der Waals surface area (Å²) in [7, 11) is 0. The second-order valence-electron chi connectivity index (χ2n) is 2.00. The van der Waals surface area contributed by atoms with Crippen LogP contribution in [0.2, 0.25) is 10.5 Å². The molecule has 0 radical (unpaired) electrons. The van der Waals surface area contributed by atoms with Crippen LogP contribution in [-0.2, 0) is 0 Å². The molecule has 0 aromatic carbocycles. The van der Waals surface area contributed by atoms with Crippen molar-refractivity contribution < 1.29 is 0 Å². The second kappa shape index (κ2) is 15.7. The van der Waals surface area contributed by atoms with Crippen LogP contribution in [0, 0.1) is 0 Å². The van der Waals surface area contributed by atoms with E-state index in [0.29, 0.717) is 0 Å². The standard InChI is InChI=1S/2C3H10Ge/c2*1-2-3-4/h2*2-3H2,1,4H3. The van der Waals surface area contributed by atoms with E-state index < -0.39 is 0 Å². The van der Waals surface area contributed by atoms with Gasteiger partial charge in [-0.05, 0) is 0 Å². The molecule has 0 aliphatic carbocycles. The van der Waals surface area contributed by atoms with E-state index in [1.165, 1.54) is 23.3 Å². The molecule has 0 aromatic rings. The molecular weight excluding hydrogens is 217 g/mol. The predicted octanol–water partition coefficient (Wildman–Crippen LogP) is 0.360. The number of rotatable bonds is 2. The van der Waals surface area contributed by atoms with Gasteiger partial charge in [0.2, 0.25) is 0 Å². The van der Waals surface area contributed by atoms with E-state index in [4.69, 9.17) is 0 Å². The molecule has 0 saturated heterocycles. The summed E-state index contributed by atoms with van der Waals surface area (Å²) in [6, 6.07) is 0. The molecule has 0 aliphatic rings. The van der Waals surface area contributed by atoms with Crippen molar-refractivity contribution in [3.63, 3.8) is 0 Å². The van der Waals surface area contributed by atoms with Crippen LogP contribution < -0.4 is 0 Å². The molecule has 0 bridgehead atoms. The Hall–Kier alpha value is 1.09. The third kappa shape index (κ3) is 27.6. The van der Waals surface area contributed by atoms with Crippen molar-refractivity contribution >= 4 is 33.0 Å². The third-order valence-corrected chi connectivity index (χ3v) is 5.20. The van der Waals surface area contributed by atoms with Gasteiger partial charge in [0.1, 0.15) is 0 Å². The van der Waals surface area contributed by atoms with Gasteiger partial charge >= 0.3 is 70.2 Å². The molecule has 0 aromatic heterocycles. The summed E-state index contributed by atoms with van der Waals surface area (Å²) in [4.78, 5) is 0. The van der Waals surface area contributed by atoms with Crippen LogP contribution in [0.1, 0.15) is 26.7 Å². The van der Waals surface area contributed by atoms with Crippen LogP contribution in [0.25, 0.3) is 0 Å². The van der Waals surface area contributed by atoms with Crippen LogP contribution in [0.3, 0.4) is 0 Å². The average molecular weight is 237 g/mol. The van der Waals surface area contributed by atoms with E-state index in [9.17, 15) is 0 Å². The van der Waals surface area contributed by atoms with Crippen LogP contribution in [-0.4, -0.2) is 33.0 Å². The normalized spacial score (nSPS) is 8.25. The molecule has 0 N–H and O–H groups in total. The molecule has 0 aliphatic heterocycles. The Bertz CT molecular complexity index is 14.5. The summed E-state index contributed by atoms with van der Waals surface area (Å²) in [6.45, 7) is 4.45. The van der Waals surface area contributed by atoms with Gasteiger partial charge in [-0.15, -0.1) is 0 Å². The van der Waals surface area contributed by atoms with Gasteiger partial charge in [-0.25, -0.2) is 0 Å². The molecule has 2 heteroatoms. The van der Waals surface area contributed by atoms with E-state index >= 15 is 0 Å². The summed E-state index contributed by atoms with van der Waals surface area (Å²) in [5.74, 6) is 0. The molecule has 0 nitrogen and oxygen atoms in total. The average Bonchev–Trinajstić information content (AvgIpc) is 1.88. The Kier molecular flexibility index (Phi) is 23.2. The number of hydrogen-bond acceptors (Lipinski definition) is 0. The van der Waals surface area contributed by atoms with Crippen molar-refractivity contribution in [2.75, 3.05) is 0 Å². The maximum atomic E-state index is 2.23. The molecule has 0 rings (SSSR count). The molecule has 0 heterocycles. The van der Waals surface area contributed by atoms with E-state index in [1.54, 1.807) is 0 Å². The Balaban J connectivity index is 0. The van der Waals surface area contributed by atoms with Crippen LogP contribution in [0.5, 0.6) is 0 Å². The van der Waals surface area contributed by atoms with Gasteiger partial charge in [0.05, 0.1) is 0 Å². The fraction of sp³-hybridized carbons (Fsp3) is 1.00. The van der Waals surface area contributed by atoms with Crippen LogP contribution in [0.15, 0.2) is 0 Å². The van der Waals surface area contributed by atoms with Crippen molar-refractivity contribution in [3.8, 4) is 0 Å². The molecule has 8 heavy (non-hydrogen) atoms. The zero-order valence-electron chi connectivity index (χ0n) is 6.83. The number of hydrogen-bond donors (Lipinski definition) is 0. The molecule has 0 amide bonds. The van der Waals surface area contributed by atoms with E-state index in [0.717, 1.165) is 33.0 Å². The minimum absolute atomic E-state index is 1.11. The zero-order valence-corrected chi connectivity index (χ0v) is 15.2. The summed E-state index contributed by atoms with van der Waals surface area (Å²) < 4.78 is 0. The van der Waals surface area contributed by atoms with E-state index in [1.807, 2.05) is 0 Å². The van der Waals surface area contributed by atoms with Gasteiger partial charge in [-0.3, -0.25) is 0 Å². The van der Waals surface area contributed by atoms with Crippen molar-refractivity contribution in [1.82, 2.24) is 0 Å². The molecule has 0 unspecified atom stereocenters. The Labute approximate surface area is 70.3 Å². The van der Waals surface area contributed by atoms with Gasteiger partial charge in [0, 0.05) is 0 Å². The van der Waals surface area contributed by atoms with Gasteiger partial charge in [-0.2, -0.15) is 0 Å². The molecule has 52 valence electrons. The molecule has 0 spiro atoms. The maximum absolute atomic E-state index is 2.23. The Morgan fingerprint density at radius 2 is 1.00 bits per heavy atom. The molecule has 0 atom stereocenters. The third-order valence-electron chi connectivity index (χ3n) is 1.000. The van der Waals surface area contributed by atoms with Gasteiger partial charge in [-0.1, -0.05) is 0 Å². The molecule has 0 saturated carbocycles. The van der Waals surface area contributed by atoms with Crippen molar-refractivity contribution in [2.24, 2.45) is 0 Å². The Morgan fingerprint density at radius 1 is 0.875 bits per heavy atom. The van der Waals surface area contributed by atoms with Crippen LogP contribution in [0.4, 0.5) is 0 Å². The first-order valence-corrected chi connectivity index (χ1v) is 9.76. The Morgan fingerprint density at radius 3 is 1.00 bits per heavy atom. The van der Waals surface area contributed by atoms with Gasteiger partial charge in [0.15, 0.2) is 0 Å². The SMILES string of the molecule is CC[CH2][GeH3].CC[CH2][GeH3]. The summed E-state index contributed by atoms with van der Waals surface area (Å²) in [5.41, 5.74) is 0.